The van der Waals surface area contributed by atoms with Gasteiger partial charge in [-0.05, 0) is 25.8 Å². The van der Waals surface area contributed by atoms with Crippen LogP contribution < -0.4 is 5.32 Å². The van der Waals surface area contributed by atoms with Crippen LogP contribution in [0.5, 0.6) is 0 Å². The zero-order valence-electron chi connectivity index (χ0n) is 10.3. The lowest BCUT2D eigenvalue weighted by Crippen LogP contribution is -2.26. The lowest BCUT2D eigenvalue weighted by molar-refractivity contribution is -0.385. The number of aromatic nitrogens is 1. The van der Waals surface area contributed by atoms with Crippen LogP contribution in [0.3, 0.4) is 0 Å². The van der Waals surface area contributed by atoms with Crippen molar-refractivity contribution in [2.45, 2.75) is 25.9 Å². The van der Waals surface area contributed by atoms with E-state index in [1.807, 2.05) is 0 Å². The number of carbonyl (C=O) groups excluding carboxylic acids is 1. The van der Waals surface area contributed by atoms with Gasteiger partial charge in [0.05, 0.1) is 11.0 Å². The van der Waals surface area contributed by atoms with E-state index in [4.69, 9.17) is 16.7 Å². The van der Waals surface area contributed by atoms with Crippen molar-refractivity contribution in [1.29, 1.82) is 0 Å². The van der Waals surface area contributed by atoms with Crippen LogP contribution in [0.25, 0.3) is 0 Å². The van der Waals surface area contributed by atoms with Crippen LogP contribution in [-0.4, -0.2) is 33.6 Å². The molecule has 7 nitrogen and oxygen atoms in total. The number of nitrogens with zero attached hydrogens (tertiary/aromatic N) is 2. The zero-order chi connectivity index (χ0) is 14.4. The lowest BCUT2D eigenvalue weighted by Gasteiger charge is -2.07. The van der Waals surface area contributed by atoms with Gasteiger partial charge in [0, 0.05) is 6.54 Å². The van der Waals surface area contributed by atoms with Gasteiger partial charge in [-0.25, -0.2) is 4.98 Å². The normalized spacial score (nSPS) is 11.9. The van der Waals surface area contributed by atoms with Crippen LogP contribution in [0.15, 0.2) is 12.3 Å². The molecule has 0 saturated heterocycles. The minimum absolute atomic E-state index is 0.0136. The second-order valence-electron chi connectivity index (χ2n) is 4.03. The molecule has 1 aromatic heterocycles. The van der Waals surface area contributed by atoms with E-state index in [9.17, 15) is 14.9 Å². The third-order valence-corrected chi connectivity index (χ3v) is 2.58. The topological polar surface area (TPSA) is 105 Å². The maximum absolute atomic E-state index is 11.8. The molecule has 1 atom stereocenters. The molecule has 1 rings (SSSR count). The molecule has 1 amide bonds. The van der Waals surface area contributed by atoms with Gasteiger partial charge >= 0.3 is 0 Å². The average Bonchev–Trinajstić information content (AvgIpc) is 2.33. The first-order valence-corrected chi connectivity index (χ1v) is 6.06. The molecule has 0 fully saturated rings. The molecule has 0 aliphatic carbocycles. The lowest BCUT2D eigenvalue weighted by atomic mass is 10.2. The number of carbonyl (C=O) groups is 1. The van der Waals surface area contributed by atoms with E-state index in [2.05, 4.69) is 10.3 Å². The molecule has 19 heavy (non-hydrogen) atoms. The maximum atomic E-state index is 11.8. The average molecular weight is 288 g/mol. The van der Waals surface area contributed by atoms with Gasteiger partial charge in [-0.1, -0.05) is 11.6 Å². The Morgan fingerprint density at radius 1 is 1.68 bits per heavy atom. The van der Waals surface area contributed by atoms with Crippen molar-refractivity contribution in [3.05, 3.63) is 33.1 Å². The number of halogens is 1. The molecule has 0 aromatic carbocycles. The first kappa shape index (κ1) is 15.3. The van der Waals surface area contributed by atoms with E-state index in [1.54, 1.807) is 6.92 Å². The largest absolute Gasteiger partial charge is 0.393 e. The fraction of sp³-hybridized carbons (Fsp3) is 0.455. The first-order valence-electron chi connectivity index (χ1n) is 5.68. The van der Waals surface area contributed by atoms with E-state index in [0.717, 1.165) is 12.3 Å². The minimum atomic E-state index is -0.686. The van der Waals surface area contributed by atoms with Crippen molar-refractivity contribution in [3.63, 3.8) is 0 Å². The smallest absolute Gasteiger partial charge is 0.300 e. The Hall–Kier alpha value is -1.73. The molecule has 8 heteroatoms. The summed E-state index contributed by atoms with van der Waals surface area (Å²) in [7, 11) is 0. The fourth-order valence-corrected chi connectivity index (χ4v) is 1.60. The second-order valence-corrected chi connectivity index (χ2v) is 4.42. The summed E-state index contributed by atoms with van der Waals surface area (Å²) in [6.07, 6.45) is 1.63. The van der Waals surface area contributed by atoms with Crippen LogP contribution in [0.2, 0.25) is 5.15 Å². The summed E-state index contributed by atoms with van der Waals surface area (Å²) >= 11 is 5.62. The number of hydrogen-bond acceptors (Lipinski definition) is 5. The summed E-state index contributed by atoms with van der Waals surface area (Å²) in [6, 6.07) is 1.16. The number of rotatable bonds is 6. The molecule has 0 saturated carbocycles. The van der Waals surface area contributed by atoms with Gasteiger partial charge in [-0.15, -0.1) is 0 Å². The van der Waals surface area contributed by atoms with Crippen LogP contribution in [0, 0.1) is 10.1 Å². The molecular formula is C11H14ClN3O4. The van der Waals surface area contributed by atoms with Gasteiger partial charge in [0.1, 0.15) is 16.9 Å². The van der Waals surface area contributed by atoms with Crippen LogP contribution in [-0.2, 0) is 0 Å². The van der Waals surface area contributed by atoms with E-state index in [1.165, 1.54) is 0 Å². The monoisotopic (exact) mass is 287 g/mol. The van der Waals surface area contributed by atoms with Gasteiger partial charge in [0.15, 0.2) is 0 Å². The number of nitro groups is 1. The third-order valence-electron chi connectivity index (χ3n) is 2.38. The second kappa shape index (κ2) is 7.01. The molecule has 1 heterocycles. The Labute approximate surface area is 114 Å². The van der Waals surface area contributed by atoms with E-state index in [-0.39, 0.29) is 10.7 Å². The molecule has 104 valence electrons. The van der Waals surface area contributed by atoms with Gasteiger partial charge in [-0.2, -0.15) is 0 Å². The van der Waals surface area contributed by atoms with Crippen molar-refractivity contribution in [3.8, 4) is 0 Å². The highest BCUT2D eigenvalue weighted by molar-refractivity contribution is 6.29. The first-order chi connectivity index (χ1) is 8.91. The van der Waals surface area contributed by atoms with Gasteiger partial charge in [-0.3, -0.25) is 14.9 Å². The van der Waals surface area contributed by atoms with Crippen LogP contribution in [0.4, 0.5) is 5.69 Å². The van der Waals surface area contributed by atoms with Gasteiger partial charge < -0.3 is 10.4 Å². The predicted octanol–water partition coefficient (Wildman–Crippen LogP) is 1.53. The summed E-state index contributed by atoms with van der Waals surface area (Å²) in [4.78, 5) is 25.5. The Balaban J connectivity index is 2.70. The number of pyridine rings is 1. The predicted molar refractivity (Wildman–Crippen MR) is 69.1 cm³/mol. The number of amides is 1. The van der Waals surface area contributed by atoms with E-state index < -0.39 is 22.6 Å². The minimum Gasteiger partial charge on any atom is -0.393 e. The summed E-state index contributed by atoms with van der Waals surface area (Å²) < 4.78 is 0. The Bertz CT molecular complexity index is 479. The highest BCUT2D eigenvalue weighted by Gasteiger charge is 2.20. The highest BCUT2D eigenvalue weighted by atomic mass is 35.5. The van der Waals surface area contributed by atoms with Crippen LogP contribution in [0.1, 0.15) is 30.1 Å². The van der Waals surface area contributed by atoms with Crippen molar-refractivity contribution < 1.29 is 14.8 Å². The Morgan fingerprint density at radius 3 is 2.95 bits per heavy atom. The summed E-state index contributed by atoms with van der Waals surface area (Å²) in [6.45, 7) is 1.97. The summed E-state index contributed by atoms with van der Waals surface area (Å²) in [5.74, 6) is -0.582. The molecule has 0 aliphatic heterocycles. The third kappa shape index (κ3) is 4.80. The van der Waals surface area contributed by atoms with E-state index >= 15 is 0 Å². The van der Waals surface area contributed by atoms with Gasteiger partial charge in [0.25, 0.3) is 11.6 Å². The summed E-state index contributed by atoms with van der Waals surface area (Å²) in [5, 5.41) is 22.4. The number of hydrogen-bond donors (Lipinski definition) is 2. The Kier molecular flexibility index (Phi) is 5.65. The molecule has 0 bridgehead atoms. The molecular weight excluding hydrogens is 274 g/mol. The quantitative estimate of drug-likeness (QED) is 0.357. The fourth-order valence-electron chi connectivity index (χ4n) is 1.44. The van der Waals surface area contributed by atoms with Gasteiger partial charge in [0.2, 0.25) is 0 Å². The van der Waals surface area contributed by atoms with Crippen molar-refractivity contribution in [2.75, 3.05) is 6.54 Å². The standard InChI is InChI=1S/C11H14ClN3O4/c1-7(16)3-2-4-13-11(17)8-5-10(12)14-6-9(8)15(18)19/h5-7,16H,2-4H2,1H3,(H,13,17). The van der Waals surface area contributed by atoms with Crippen LogP contribution >= 0.6 is 11.6 Å². The maximum Gasteiger partial charge on any atom is 0.300 e. The molecule has 1 unspecified atom stereocenters. The number of aliphatic hydroxyl groups is 1. The number of aliphatic hydroxyl groups excluding tert-OH is 1. The number of nitrogens with one attached hydrogen (secondary N) is 1. The van der Waals surface area contributed by atoms with Crippen molar-refractivity contribution >= 4 is 23.2 Å². The van der Waals surface area contributed by atoms with Crippen molar-refractivity contribution in [1.82, 2.24) is 10.3 Å². The molecule has 0 spiro atoms. The molecule has 0 aliphatic rings. The van der Waals surface area contributed by atoms with E-state index in [0.29, 0.717) is 19.4 Å². The molecule has 0 radical (unpaired) electrons. The molecule has 2 N–H and O–H groups in total. The summed E-state index contributed by atoms with van der Waals surface area (Å²) in [5.41, 5.74) is -0.514. The SMILES string of the molecule is CC(O)CCCNC(=O)c1cc(Cl)ncc1[N+](=O)[O-]. The zero-order valence-corrected chi connectivity index (χ0v) is 11.1. The Morgan fingerprint density at radius 2 is 2.37 bits per heavy atom. The van der Waals surface area contributed by atoms with Crippen molar-refractivity contribution in [2.24, 2.45) is 0 Å². The highest BCUT2D eigenvalue weighted by Crippen LogP contribution is 2.20. The molecule has 1 aromatic rings.